The standard InChI is InChI=1S/C21H24N4O3S/c1-13-9-14(2)11-15(10-13)25(20(27)16-12-29-24-23-16)18(17-7-6-8-28-17)19(26)22-21(3,4)5/h6-12,18H,1-5H3,(H,22,26)/t18-/m1/s1. The molecule has 0 aliphatic heterocycles. The molecule has 2 amide bonds. The van der Waals surface area contributed by atoms with Gasteiger partial charge in [-0.15, -0.1) is 5.10 Å². The highest BCUT2D eigenvalue weighted by Crippen LogP contribution is 2.31. The number of benzene rings is 1. The Bertz CT molecular complexity index is 971. The summed E-state index contributed by atoms with van der Waals surface area (Å²) in [5.41, 5.74) is 2.23. The predicted molar refractivity (Wildman–Crippen MR) is 112 cm³/mol. The van der Waals surface area contributed by atoms with Crippen LogP contribution in [0, 0.1) is 13.8 Å². The maximum absolute atomic E-state index is 13.4. The fraction of sp³-hybridized carbons (Fsp3) is 0.333. The molecule has 29 heavy (non-hydrogen) atoms. The molecule has 0 fully saturated rings. The van der Waals surface area contributed by atoms with Gasteiger partial charge in [-0.25, -0.2) is 0 Å². The number of furan rings is 1. The highest BCUT2D eigenvalue weighted by Gasteiger charge is 2.37. The van der Waals surface area contributed by atoms with Crippen molar-refractivity contribution in [1.29, 1.82) is 0 Å². The molecule has 0 saturated carbocycles. The Morgan fingerprint density at radius 3 is 2.38 bits per heavy atom. The number of anilines is 1. The lowest BCUT2D eigenvalue weighted by atomic mass is 10.0. The highest BCUT2D eigenvalue weighted by molar-refractivity contribution is 7.03. The molecule has 0 saturated heterocycles. The minimum atomic E-state index is -1.00. The molecule has 0 spiro atoms. The van der Waals surface area contributed by atoms with E-state index in [0.29, 0.717) is 11.4 Å². The number of aryl methyl sites for hydroxylation is 2. The van der Waals surface area contributed by atoms with Crippen molar-refractivity contribution < 1.29 is 14.0 Å². The Morgan fingerprint density at radius 2 is 1.86 bits per heavy atom. The molecule has 3 aromatic rings. The van der Waals surface area contributed by atoms with Crippen LogP contribution in [-0.2, 0) is 4.79 Å². The monoisotopic (exact) mass is 412 g/mol. The van der Waals surface area contributed by atoms with Crippen LogP contribution in [0.15, 0.2) is 46.4 Å². The van der Waals surface area contributed by atoms with Crippen molar-refractivity contribution in [1.82, 2.24) is 14.9 Å². The van der Waals surface area contributed by atoms with Crippen LogP contribution in [-0.4, -0.2) is 26.9 Å². The van der Waals surface area contributed by atoms with Gasteiger partial charge in [0.1, 0.15) is 5.76 Å². The molecule has 0 unspecified atom stereocenters. The van der Waals surface area contributed by atoms with E-state index in [1.54, 1.807) is 17.5 Å². The first-order valence-corrected chi connectivity index (χ1v) is 10.0. The number of amides is 2. The fourth-order valence-corrected chi connectivity index (χ4v) is 3.54. The summed E-state index contributed by atoms with van der Waals surface area (Å²) in [6, 6.07) is 8.12. The van der Waals surface area contributed by atoms with Crippen molar-refractivity contribution in [2.45, 2.75) is 46.2 Å². The summed E-state index contributed by atoms with van der Waals surface area (Å²) in [6.07, 6.45) is 1.49. The van der Waals surface area contributed by atoms with Crippen LogP contribution >= 0.6 is 11.5 Å². The van der Waals surface area contributed by atoms with Gasteiger partial charge in [-0.1, -0.05) is 10.6 Å². The van der Waals surface area contributed by atoms with E-state index in [4.69, 9.17) is 4.42 Å². The molecule has 8 heteroatoms. The third-order valence-corrected chi connectivity index (χ3v) is 4.60. The van der Waals surface area contributed by atoms with Gasteiger partial charge in [0.15, 0.2) is 11.7 Å². The summed E-state index contributed by atoms with van der Waals surface area (Å²) in [7, 11) is 0. The van der Waals surface area contributed by atoms with Crippen LogP contribution in [0.1, 0.15) is 54.2 Å². The van der Waals surface area contributed by atoms with E-state index in [1.165, 1.54) is 11.2 Å². The third-order valence-electron chi connectivity index (χ3n) is 4.10. The first-order valence-electron chi connectivity index (χ1n) is 9.20. The van der Waals surface area contributed by atoms with E-state index in [1.807, 2.05) is 52.8 Å². The lowest BCUT2D eigenvalue weighted by Crippen LogP contribution is -2.49. The van der Waals surface area contributed by atoms with E-state index in [0.717, 1.165) is 22.7 Å². The topological polar surface area (TPSA) is 88.3 Å². The SMILES string of the molecule is Cc1cc(C)cc(N(C(=O)c2csnn2)[C@@H](C(=O)NC(C)(C)C)c2ccco2)c1. The van der Waals surface area contributed by atoms with Crippen molar-refractivity contribution >= 4 is 29.0 Å². The van der Waals surface area contributed by atoms with Crippen LogP contribution in [0.4, 0.5) is 5.69 Å². The van der Waals surface area contributed by atoms with Gasteiger partial charge >= 0.3 is 0 Å². The average molecular weight is 413 g/mol. The summed E-state index contributed by atoms with van der Waals surface area (Å²) in [5.74, 6) is -0.403. The zero-order valence-corrected chi connectivity index (χ0v) is 17.9. The van der Waals surface area contributed by atoms with E-state index in [2.05, 4.69) is 14.9 Å². The Morgan fingerprint density at radius 1 is 1.17 bits per heavy atom. The number of aromatic nitrogens is 2. The quantitative estimate of drug-likeness (QED) is 0.683. The van der Waals surface area contributed by atoms with E-state index >= 15 is 0 Å². The zero-order valence-electron chi connectivity index (χ0n) is 17.1. The van der Waals surface area contributed by atoms with E-state index in [-0.39, 0.29) is 11.6 Å². The lowest BCUT2D eigenvalue weighted by Gasteiger charge is -2.32. The largest absolute Gasteiger partial charge is 0.467 e. The second-order valence-electron chi connectivity index (χ2n) is 7.97. The van der Waals surface area contributed by atoms with Gasteiger partial charge in [-0.2, -0.15) is 0 Å². The lowest BCUT2D eigenvalue weighted by molar-refractivity contribution is -0.124. The molecule has 0 bridgehead atoms. The van der Waals surface area contributed by atoms with Gasteiger partial charge in [0, 0.05) is 16.6 Å². The summed E-state index contributed by atoms with van der Waals surface area (Å²) >= 11 is 1.08. The molecule has 0 radical (unpaired) electrons. The Kier molecular flexibility index (Phi) is 5.83. The molecule has 152 valence electrons. The van der Waals surface area contributed by atoms with Crippen LogP contribution < -0.4 is 10.2 Å². The normalized spacial score (nSPS) is 12.4. The molecule has 1 atom stereocenters. The molecule has 1 N–H and O–H groups in total. The second kappa shape index (κ2) is 8.16. The molecule has 2 aromatic heterocycles. The number of hydrogen-bond acceptors (Lipinski definition) is 6. The molecule has 1 aromatic carbocycles. The van der Waals surface area contributed by atoms with Crippen LogP contribution in [0.5, 0.6) is 0 Å². The molecule has 2 heterocycles. The summed E-state index contributed by atoms with van der Waals surface area (Å²) in [5, 5.41) is 8.45. The highest BCUT2D eigenvalue weighted by atomic mass is 32.1. The van der Waals surface area contributed by atoms with Crippen molar-refractivity contribution in [2.24, 2.45) is 0 Å². The van der Waals surface area contributed by atoms with E-state index in [9.17, 15) is 9.59 Å². The third kappa shape index (κ3) is 4.89. The minimum absolute atomic E-state index is 0.175. The van der Waals surface area contributed by atoms with Crippen molar-refractivity contribution in [3.05, 3.63) is 64.6 Å². The van der Waals surface area contributed by atoms with Crippen LogP contribution in [0.25, 0.3) is 0 Å². The molecule has 0 aliphatic rings. The summed E-state index contributed by atoms with van der Waals surface area (Å²) < 4.78 is 9.37. The van der Waals surface area contributed by atoms with Crippen molar-refractivity contribution in [3.63, 3.8) is 0 Å². The summed E-state index contributed by atoms with van der Waals surface area (Å²) in [4.78, 5) is 28.2. The van der Waals surface area contributed by atoms with Gasteiger partial charge in [-0.05, 0) is 81.5 Å². The molecular formula is C21H24N4O3S. The molecular weight excluding hydrogens is 388 g/mol. The second-order valence-corrected chi connectivity index (χ2v) is 8.58. The van der Waals surface area contributed by atoms with Gasteiger partial charge in [0.05, 0.1) is 6.26 Å². The average Bonchev–Trinajstić information content (AvgIpc) is 3.29. The Labute approximate surface area is 173 Å². The van der Waals surface area contributed by atoms with Crippen LogP contribution in [0.2, 0.25) is 0 Å². The predicted octanol–water partition coefficient (Wildman–Crippen LogP) is 4.05. The number of hydrogen-bond donors (Lipinski definition) is 1. The van der Waals surface area contributed by atoms with Gasteiger partial charge in [-0.3, -0.25) is 14.5 Å². The van der Waals surface area contributed by atoms with Crippen molar-refractivity contribution in [2.75, 3.05) is 4.90 Å². The first-order chi connectivity index (χ1) is 13.7. The number of carbonyl (C=O) groups excluding carboxylic acids is 2. The summed E-state index contributed by atoms with van der Waals surface area (Å²) in [6.45, 7) is 9.55. The fourth-order valence-electron chi connectivity index (χ4n) is 3.11. The molecule has 3 rings (SSSR count). The number of nitrogens with one attached hydrogen (secondary N) is 1. The first kappa shape index (κ1) is 20.7. The van der Waals surface area contributed by atoms with Gasteiger partial charge in [0.2, 0.25) is 0 Å². The van der Waals surface area contributed by atoms with Gasteiger partial charge < -0.3 is 9.73 Å². The zero-order chi connectivity index (χ0) is 21.2. The number of nitrogens with zero attached hydrogens (tertiary/aromatic N) is 3. The van der Waals surface area contributed by atoms with Crippen molar-refractivity contribution in [3.8, 4) is 0 Å². The maximum atomic E-state index is 13.4. The smallest absolute Gasteiger partial charge is 0.280 e. The van der Waals surface area contributed by atoms with Gasteiger partial charge in [0.25, 0.3) is 11.8 Å². The Hall–Kier alpha value is -3.00. The van der Waals surface area contributed by atoms with E-state index < -0.39 is 17.5 Å². The number of rotatable bonds is 5. The molecule has 7 nitrogen and oxygen atoms in total. The molecule has 0 aliphatic carbocycles. The minimum Gasteiger partial charge on any atom is -0.467 e. The number of carbonyl (C=O) groups is 2. The maximum Gasteiger partial charge on any atom is 0.280 e. The van der Waals surface area contributed by atoms with Crippen LogP contribution in [0.3, 0.4) is 0 Å². The Balaban J connectivity index is 2.17.